The fraction of sp³-hybridized carbons (Fsp3) is 0.636. The number of fused-ring (bicyclic) bond motifs is 1. The van der Waals surface area contributed by atoms with Gasteiger partial charge in [-0.25, -0.2) is 0 Å². The summed E-state index contributed by atoms with van der Waals surface area (Å²) in [6.45, 7) is 4.83. The van der Waals surface area contributed by atoms with E-state index in [1.807, 2.05) is 4.57 Å². The Labute approximate surface area is 104 Å². The lowest BCUT2D eigenvalue weighted by molar-refractivity contribution is -0.149. The van der Waals surface area contributed by atoms with Gasteiger partial charge in [-0.3, -0.25) is 9.59 Å². The van der Waals surface area contributed by atoms with Gasteiger partial charge in [0.25, 0.3) is 0 Å². The lowest BCUT2D eigenvalue weighted by Gasteiger charge is -2.30. The highest BCUT2D eigenvalue weighted by molar-refractivity contribution is 5.84. The van der Waals surface area contributed by atoms with Gasteiger partial charge in [0.1, 0.15) is 6.33 Å². The highest BCUT2D eigenvalue weighted by Gasteiger charge is 2.31. The van der Waals surface area contributed by atoms with Gasteiger partial charge in [-0.05, 0) is 0 Å². The number of carbonyl (C=O) groups excluding carboxylic acids is 1. The van der Waals surface area contributed by atoms with Crippen LogP contribution in [0.15, 0.2) is 6.33 Å². The Bertz CT molecular complexity index is 471. The summed E-state index contributed by atoms with van der Waals surface area (Å²) in [6, 6.07) is 0. The SMILES string of the molecule is CC(C(=O)O)C(C)C(=O)N1CCn2cnnc2C1. The van der Waals surface area contributed by atoms with Crippen molar-refractivity contribution in [3.63, 3.8) is 0 Å². The predicted molar refractivity (Wildman–Crippen MR) is 61.4 cm³/mol. The zero-order chi connectivity index (χ0) is 13.3. The van der Waals surface area contributed by atoms with E-state index in [1.165, 1.54) is 0 Å². The summed E-state index contributed by atoms with van der Waals surface area (Å²) >= 11 is 0. The summed E-state index contributed by atoms with van der Waals surface area (Å²) in [7, 11) is 0. The molecule has 0 radical (unpaired) electrons. The van der Waals surface area contributed by atoms with Crippen LogP contribution in [-0.2, 0) is 22.7 Å². The first-order valence-corrected chi connectivity index (χ1v) is 5.89. The van der Waals surface area contributed by atoms with Crippen LogP contribution in [0.2, 0.25) is 0 Å². The first kappa shape index (κ1) is 12.5. The maximum Gasteiger partial charge on any atom is 0.307 e. The zero-order valence-corrected chi connectivity index (χ0v) is 10.4. The van der Waals surface area contributed by atoms with Crippen molar-refractivity contribution in [1.29, 1.82) is 0 Å². The second-order valence-electron chi connectivity index (χ2n) is 4.62. The van der Waals surface area contributed by atoms with Gasteiger partial charge in [0.2, 0.25) is 5.91 Å². The minimum atomic E-state index is -0.948. The molecular weight excluding hydrogens is 236 g/mol. The number of carbonyl (C=O) groups is 2. The highest BCUT2D eigenvalue weighted by Crippen LogP contribution is 2.18. The van der Waals surface area contributed by atoms with Crippen LogP contribution < -0.4 is 0 Å². The zero-order valence-electron chi connectivity index (χ0n) is 10.4. The molecule has 7 nitrogen and oxygen atoms in total. The quantitative estimate of drug-likeness (QED) is 0.816. The van der Waals surface area contributed by atoms with Gasteiger partial charge in [0.05, 0.1) is 12.5 Å². The molecule has 1 aromatic heterocycles. The number of nitrogens with zero attached hydrogens (tertiary/aromatic N) is 4. The van der Waals surface area contributed by atoms with E-state index in [-0.39, 0.29) is 5.91 Å². The summed E-state index contributed by atoms with van der Waals surface area (Å²) in [4.78, 5) is 24.7. The lowest BCUT2D eigenvalue weighted by Crippen LogP contribution is -2.43. The van der Waals surface area contributed by atoms with Gasteiger partial charge in [0, 0.05) is 19.0 Å². The summed E-state index contributed by atoms with van der Waals surface area (Å²) < 4.78 is 1.90. The van der Waals surface area contributed by atoms with Gasteiger partial charge >= 0.3 is 5.97 Å². The molecule has 0 saturated carbocycles. The number of aliphatic carboxylic acids is 1. The second kappa shape index (κ2) is 4.75. The van der Waals surface area contributed by atoms with E-state index in [4.69, 9.17) is 5.11 Å². The van der Waals surface area contributed by atoms with Crippen LogP contribution >= 0.6 is 0 Å². The molecule has 2 rings (SSSR count). The summed E-state index contributed by atoms with van der Waals surface area (Å²) in [5.74, 6) is -1.56. The molecule has 18 heavy (non-hydrogen) atoms. The van der Waals surface area contributed by atoms with E-state index in [0.29, 0.717) is 19.6 Å². The number of amides is 1. The molecule has 1 N–H and O–H groups in total. The Morgan fingerprint density at radius 2 is 2.06 bits per heavy atom. The van der Waals surface area contributed by atoms with E-state index in [1.54, 1.807) is 25.1 Å². The molecule has 2 atom stereocenters. The minimum absolute atomic E-state index is 0.140. The van der Waals surface area contributed by atoms with Crippen LogP contribution in [0.3, 0.4) is 0 Å². The minimum Gasteiger partial charge on any atom is -0.481 e. The predicted octanol–water partition coefficient (Wildman–Crippen LogP) is -0.0229. The third kappa shape index (κ3) is 2.20. The van der Waals surface area contributed by atoms with Crippen molar-refractivity contribution in [3.05, 3.63) is 12.2 Å². The van der Waals surface area contributed by atoms with Crippen molar-refractivity contribution in [2.24, 2.45) is 11.8 Å². The Balaban J connectivity index is 2.05. The van der Waals surface area contributed by atoms with Gasteiger partial charge < -0.3 is 14.6 Å². The second-order valence-corrected chi connectivity index (χ2v) is 4.62. The third-order valence-corrected chi connectivity index (χ3v) is 3.48. The van der Waals surface area contributed by atoms with E-state index in [0.717, 1.165) is 5.82 Å². The molecule has 1 aromatic rings. The van der Waals surface area contributed by atoms with Crippen molar-refractivity contribution < 1.29 is 14.7 Å². The highest BCUT2D eigenvalue weighted by atomic mass is 16.4. The molecule has 0 bridgehead atoms. The van der Waals surface area contributed by atoms with Crippen molar-refractivity contribution in [2.45, 2.75) is 26.9 Å². The molecule has 98 valence electrons. The van der Waals surface area contributed by atoms with Gasteiger partial charge in [-0.15, -0.1) is 10.2 Å². The fourth-order valence-electron chi connectivity index (χ4n) is 1.97. The van der Waals surface area contributed by atoms with Crippen LogP contribution in [-0.4, -0.2) is 43.2 Å². The Morgan fingerprint density at radius 3 is 2.72 bits per heavy atom. The van der Waals surface area contributed by atoms with E-state index >= 15 is 0 Å². The van der Waals surface area contributed by atoms with Gasteiger partial charge in [0.15, 0.2) is 5.82 Å². The smallest absolute Gasteiger partial charge is 0.307 e. The number of hydrogen-bond acceptors (Lipinski definition) is 4. The Kier molecular flexibility index (Phi) is 3.31. The maximum atomic E-state index is 12.2. The average molecular weight is 252 g/mol. The molecule has 1 aliphatic rings. The largest absolute Gasteiger partial charge is 0.481 e. The van der Waals surface area contributed by atoms with Crippen LogP contribution in [0.5, 0.6) is 0 Å². The fourth-order valence-corrected chi connectivity index (χ4v) is 1.97. The monoisotopic (exact) mass is 252 g/mol. The molecule has 0 aliphatic carbocycles. The van der Waals surface area contributed by atoms with Crippen LogP contribution in [0.1, 0.15) is 19.7 Å². The third-order valence-electron chi connectivity index (χ3n) is 3.48. The first-order valence-electron chi connectivity index (χ1n) is 5.89. The van der Waals surface area contributed by atoms with Crippen LogP contribution in [0.25, 0.3) is 0 Å². The van der Waals surface area contributed by atoms with Crippen LogP contribution in [0, 0.1) is 11.8 Å². The normalized spacial score (nSPS) is 18.0. The lowest BCUT2D eigenvalue weighted by atomic mass is 9.94. The molecule has 1 aliphatic heterocycles. The molecule has 2 unspecified atom stereocenters. The average Bonchev–Trinajstić information content (AvgIpc) is 2.82. The van der Waals surface area contributed by atoms with Crippen molar-refractivity contribution in [3.8, 4) is 0 Å². The molecule has 0 fully saturated rings. The van der Waals surface area contributed by atoms with Gasteiger partial charge in [-0.2, -0.15) is 0 Å². The first-order chi connectivity index (χ1) is 8.50. The van der Waals surface area contributed by atoms with Crippen LogP contribution in [0.4, 0.5) is 0 Å². The molecule has 0 aromatic carbocycles. The van der Waals surface area contributed by atoms with Crippen molar-refractivity contribution in [1.82, 2.24) is 19.7 Å². The summed E-state index contributed by atoms with van der Waals surface area (Å²) in [6.07, 6.45) is 1.64. The van der Waals surface area contributed by atoms with Crippen molar-refractivity contribution >= 4 is 11.9 Å². The molecule has 7 heteroatoms. The number of aromatic nitrogens is 3. The summed E-state index contributed by atoms with van der Waals surface area (Å²) in [5.41, 5.74) is 0. The maximum absolute atomic E-state index is 12.2. The molecule has 0 spiro atoms. The topological polar surface area (TPSA) is 88.3 Å². The Morgan fingerprint density at radius 1 is 1.33 bits per heavy atom. The number of rotatable bonds is 3. The Hall–Kier alpha value is -1.92. The van der Waals surface area contributed by atoms with Gasteiger partial charge in [-0.1, -0.05) is 13.8 Å². The standard InChI is InChI=1S/C11H16N4O3/c1-7(8(2)11(17)18)10(16)14-3-4-15-6-12-13-9(15)5-14/h6-8H,3-5H2,1-2H3,(H,17,18). The van der Waals surface area contributed by atoms with E-state index < -0.39 is 17.8 Å². The summed E-state index contributed by atoms with van der Waals surface area (Å²) in [5, 5.41) is 16.6. The molecule has 0 saturated heterocycles. The van der Waals surface area contributed by atoms with Crippen molar-refractivity contribution in [2.75, 3.05) is 6.54 Å². The number of hydrogen-bond donors (Lipinski definition) is 1. The molecule has 2 heterocycles. The number of carboxylic acids is 1. The molecule has 1 amide bonds. The van der Waals surface area contributed by atoms with E-state index in [9.17, 15) is 9.59 Å². The van der Waals surface area contributed by atoms with E-state index in [2.05, 4.69) is 10.2 Å². The molecular formula is C11H16N4O3. The number of carboxylic acid groups (broad SMARTS) is 1.